The van der Waals surface area contributed by atoms with Gasteiger partial charge in [-0.05, 0) is 39.9 Å². The van der Waals surface area contributed by atoms with Crippen LogP contribution in [0.25, 0.3) is 0 Å². The summed E-state index contributed by atoms with van der Waals surface area (Å²) in [6.45, 7) is 5.71. The molecule has 0 fully saturated rings. The number of likely N-dealkylation sites (N-methyl/N-ethyl adjacent to an activating group) is 1. The second kappa shape index (κ2) is 7.25. The Morgan fingerprint density at radius 3 is 2.50 bits per heavy atom. The Morgan fingerprint density at radius 1 is 1.42 bits per heavy atom. The zero-order chi connectivity index (χ0) is 9.40. The molecule has 0 aliphatic heterocycles. The van der Waals surface area contributed by atoms with Gasteiger partial charge in [-0.15, -0.1) is 0 Å². The minimum absolute atomic E-state index is 0.0226. The summed E-state index contributed by atoms with van der Waals surface area (Å²) in [7, 11) is 1.83. The van der Waals surface area contributed by atoms with Crippen LogP contribution in [0.1, 0.15) is 26.7 Å². The predicted molar refractivity (Wildman–Crippen MR) is 51.3 cm³/mol. The Hall–Kier alpha value is -0.410. The summed E-state index contributed by atoms with van der Waals surface area (Å²) in [5, 5.41) is 6.25. The van der Waals surface area contributed by atoms with Crippen LogP contribution >= 0.6 is 0 Å². The molecule has 0 amide bonds. The second-order valence-corrected chi connectivity index (χ2v) is 2.99. The van der Waals surface area contributed by atoms with E-state index >= 15 is 0 Å². The Morgan fingerprint density at radius 2 is 2.08 bits per heavy atom. The number of Topliss-reactive ketones (excluding diaryl/α,β-unsaturated/α-hetero) is 1. The zero-order valence-electron chi connectivity index (χ0n) is 8.31. The highest BCUT2D eigenvalue weighted by atomic mass is 16.1. The van der Waals surface area contributed by atoms with Crippen LogP contribution in [0.15, 0.2) is 0 Å². The van der Waals surface area contributed by atoms with Crippen molar-refractivity contribution in [3.05, 3.63) is 0 Å². The number of hydrogen-bond acceptors (Lipinski definition) is 3. The molecule has 0 radical (unpaired) electrons. The second-order valence-electron chi connectivity index (χ2n) is 2.99. The smallest absolute Gasteiger partial charge is 0.146 e. The largest absolute Gasteiger partial charge is 0.317 e. The van der Waals surface area contributed by atoms with Crippen molar-refractivity contribution < 1.29 is 4.79 Å². The van der Waals surface area contributed by atoms with Crippen LogP contribution < -0.4 is 10.6 Å². The average Bonchev–Trinajstić information content (AvgIpc) is 2.04. The molecule has 12 heavy (non-hydrogen) atoms. The van der Waals surface area contributed by atoms with E-state index < -0.39 is 0 Å². The van der Waals surface area contributed by atoms with Crippen LogP contribution in [-0.2, 0) is 4.79 Å². The summed E-state index contributed by atoms with van der Waals surface area (Å²) in [5.41, 5.74) is 0. The van der Waals surface area contributed by atoms with Crippen molar-refractivity contribution in [2.24, 2.45) is 0 Å². The lowest BCUT2D eigenvalue weighted by Gasteiger charge is -2.12. The average molecular weight is 172 g/mol. The summed E-state index contributed by atoms with van der Waals surface area (Å²) in [6, 6.07) is 0.0226. The highest BCUT2D eigenvalue weighted by Crippen LogP contribution is 1.90. The number of ketones is 1. The molecule has 0 saturated heterocycles. The van der Waals surface area contributed by atoms with Crippen LogP contribution in [0.2, 0.25) is 0 Å². The normalized spacial score (nSPS) is 12.9. The van der Waals surface area contributed by atoms with E-state index in [1.165, 1.54) is 0 Å². The van der Waals surface area contributed by atoms with E-state index in [4.69, 9.17) is 0 Å². The molecular formula is C9H20N2O. The van der Waals surface area contributed by atoms with Gasteiger partial charge in [0.15, 0.2) is 0 Å². The topological polar surface area (TPSA) is 41.1 Å². The lowest BCUT2D eigenvalue weighted by atomic mass is 10.1. The maximum Gasteiger partial charge on any atom is 0.146 e. The SMILES string of the molecule is CCCNCC[C@H](NC)C(C)=O. The lowest BCUT2D eigenvalue weighted by molar-refractivity contribution is -0.118. The number of hydrogen-bond donors (Lipinski definition) is 2. The fourth-order valence-corrected chi connectivity index (χ4v) is 1.10. The first-order valence-corrected chi connectivity index (χ1v) is 4.60. The third-order valence-corrected chi connectivity index (χ3v) is 1.88. The fourth-order valence-electron chi connectivity index (χ4n) is 1.10. The Bertz CT molecular complexity index is 126. The van der Waals surface area contributed by atoms with Crippen molar-refractivity contribution in [1.82, 2.24) is 10.6 Å². The van der Waals surface area contributed by atoms with E-state index in [9.17, 15) is 4.79 Å². The van der Waals surface area contributed by atoms with Gasteiger partial charge in [0.25, 0.3) is 0 Å². The van der Waals surface area contributed by atoms with Gasteiger partial charge in [-0.2, -0.15) is 0 Å². The molecule has 0 heterocycles. The summed E-state index contributed by atoms with van der Waals surface area (Å²) in [6.07, 6.45) is 2.02. The van der Waals surface area contributed by atoms with Crippen molar-refractivity contribution in [2.45, 2.75) is 32.7 Å². The fraction of sp³-hybridized carbons (Fsp3) is 0.889. The molecule has 0 aromatic heterocycles. The maximum absolute atomic E-state index is 10.9. The van der Waals surface area contributed by atoms with Gasteiger partial charge in [0.2, 0.25) is 0 Å². The quantitative estimate of drug-likeness (QED) is 0.551. The Labute approximate surface area is 74.9 Å². The predicted octanol–water partition coefficient (Wildman–Crippen LogP) is 0.553. The van der Waals surface area contributed by atoms with Crippen LogP contribution in [0.5, 0.6) is 0 Å². The first-order chi connectivity index (χ1) is 5.72. The first kappa shape index (κ1) is 11.6. The van der Waals surface area contributed by atoms with E-state index in [-0.39, 0.29) is 11.8 Å². The monoisotopic (exact) mass is 172 g/mol. The standard InChI is InChI=1S/C9H20N2O/c1-4-6-11-7-5-9(10-3)8(2)12/h9-11H,4-7H2,1-3H3/t9-/m0/s1. The molecule has 0 bridgehead atoms. The summed E-state index contributed by atoms with van der Waals surface area (Å²) < 4.78 is 0. The number of carbonyl (C=O) groups is 1. The van der Waals surface area contributed by atoms with Gasteiger partial charge < -0.3 is 10.6 Å². The van der Waals surface area contributed by atoms with E-state index in [0.717, 1.165) is 25.9 Å². The number of rotatable bonds is 7. The highest BCUT2D eigenvalue weighted by molar-refractivity contribution is 5.81. The molecule has 0 unspecified atom stereocenters. The first-order valence-electron chi connectivity index (χ1n) is 4.60. The molecule has 0 aromatic carbocycles. The third kappa shape index (κ3) is 5.27. The highest BCUT2D eigenvalue weighted by Gasteiger charge is 2.09. The molecule has 1 atom stereocenters. The van der Waals surface area contributed by atoms with Gasteiger partial charge in [-0.3, -0.25) is 4.79 Å². The van der Waals surface area contributed by atoms with E-state index in [1.54, 1.807) is 6.92 Å². The van der Waals surface area contributed by atoms with Crippen molar-refractivity contribution in [1.29, 1.82) is 0 Å². The minimum atomic E-state index is 0.0226. The molecule has 0 saturated carbocycles. The molecule has 0 aliphatic rings. The van der Waals surface area contributed by atoms with Crippen molar-refractivity contribution in [3.8, 4) is 0 Å². The molecular weight excluding hydrogens is 152 g/mol. The van der Waals surface area contributed by atoms with E-state index in [2.05, 4.69) is 17.6 Å². The van der Waals surface area contributed by atoms with Crippen molar-refractivity contribution in [3.63, 3.8) is 0 Å². The molecule has 3 heteroatoms. The van der Waals surface area contributed by atoms with Gasteiger partial charge in [0.1, 0.15) is 5.78 Å². The van der Waals surface area contributed by atoms with Crippen molar-refractivity contribution in [2.75, 3.05) is 20.1 Å². The summed E-state index contributed by atoms with van der Waals surface area (Å²) in [5.74, 6) is 0.218. The Balaban J connectivity index is 3.38. The number of carbonyl (C=O) groups excluding carboxylic acids is 1. The van der Waals surface area contributed by atoms with Crippen molar-refractivity contribution >= 4 is 5.78 Å². The molecule has 3 nitrogen and oxygen atoms in total. The zero-order valence-corrected chi connectivity index (χ0v) is 8.31. The van der Waals surface area contributed by atoms with Crippen LogP contribution in [0.4, 0.5) is 0 Å². The van der Waals surface area contributed by atoms with Gasteiger partial charge in [0, 0.05) is 0 Å². The Kier molecular flexibility index (Phi) is 7.00. The minimum Gasteiger partial charge on any atom is -0.317 e. The van der Waals surface area contributed by atoms with Gasteiger partial charge >= 0.3 is 0 Å². The number of nitrogens with one attached hydrogen (secondary N) is 2. The van der Waals surface area contributed by atoms with Crippen LogP contribution in [0, 0.1) is 0 Å². The van der Waals surface area contributed by atoms with E-state index in [0.29, 0.717) is 0 Å². The maximum atomic E-state index is 10.9. The summed E-state index contributed by atoms with van der Waals surface area (Å²) in [4.78, 5) is 10.9. The van der Waals surface area contributed by atoms with Crippen LogP contribution in [0.3, 0.4) is 0 Å². The molecule has 72 valence electrons. The summed E-state index contributed by atoms with van der Waals surface area (Å²) >= 11 is 0. The van der Waals surface area contributed by atoms with Gasteiger partial charge in [0.05, 0.1) is 6.04 Å². The molecule has 0 aliphatic carbocycles. The molecule has 0 aromatic rings. The molecule has 2 N–H and O–H groups in total. The van der Waals surface area contributed by atoms with E-state index in [1.807, 2.05) is 7.05 Å². The third-order valence-electron chi connectivity index (χ3n) is 1.88. The lowest BCUT2D eigenvalue weighted by Crippen LogP contribution is -2.35. The molecule has 0 rings (SSSR count). The molecule has 0 spiro atoms. The van der Waals surface area contributed by atoms with Gasteiger partial charge in [-0.1, -0.05) is 6.92 Å². The van der Waals surface area contributed by atoms with Crippen LogP contribution in [-0.4, -0.2) is 32.0 Å². The van der Waals surface area contributed by atoms with Gasteiger partial charge in [-0.25, -0.2) is 0 Å².